The smallest absolute Gasteiger partial charge is 0.391 e. The number of likely N-dealkylation sites (tertiary alicyclic amines) is 1. The lowest BCUT2D eigenvalue weighted by Crippen LogP contribution is -2.46. The molecule has 9 nitrogen and oxygen atoms in total. The monoisotopic (exact) mass is 547 g/mol. The molecule has 37 heavy (non-hydrogen) atoms. The van der Waals surface area contributed by atoms with Gasteiger partial charge >= 0.3 is 5.76 Å². The number of carbonyl (C=O) groups excluding carboxylic acids is 1. The molecule has 1 amide bonds. The number of aromatic amines is 1. The van der Waals surface area contributed by atoms with E-state index in [1.165, 1.54) is 6.07 Å². The molecule has 2 N–H and O–H groups in total. The van der Waals surface area contributed by atoms with Gasteiger partial charge < -0.3 is 14.1 Å². The Morgan fingerprint density at radius 2 is 1.97 bits per heavy atom. The molecule has 12 heteroatoms. The summed E-state index contributed by atoms with van der Waals surface area (Å²) in [6, 6.07) is 5.77. The van der Waals surface area contributed by atoms with Gasteiger partial charge in [0.05, 0.1) is 17.2 Å². The van der Waals surface area contributed by atoms with Crippen LogP contribution in [0.5, 0.6) is 0 Å². The lowest BCUT2D eigenvalue weighted by molar-refractivity contribution is -0.0305. The third kappa shape index (κ3) is 5.31. The lowest BCUT2D eigenvalue weighted by Gasteiger charge is -2.32. The first-order valence-electron chi connectivity index (χ1n) is 12.1. The van der Waals surface area contributed by atoms with Crippen LogP contribution in [0.3, 0.4) is 0 Å². The second kappa shape index (κ2) is 10.6. The Hall–Kier alpha value is -2.73. The molecule has 3 aromatic rings. The lowest BCUT2D eigenvalue weighted by atomic mass is 9.88. The molecule has 2 bridgehead atoms. The Kier molecular flexibility index (Phi) is 7.39. The van der Waals surface area contributed by atoms with E-state index in [9.17, 15) is 14.0 Å². The van der Waals surface area contributed by atoms with E-state index in [4.69, 9.17) is 20.8 Å². The van der Waals surface area contributed by atoms with Gasteiger partial charge in [0.2, 0.25) is 5.89 Å². The SMILES string of the molecule is Cc1ccc(F)c(C(C)C(NSc2ccc(Cl)c(C(=O)N3CC4CCC(C3)O4)n2)c2n[nH]c(=O)o2)c1C. The Balaban J connectivity index is 1.39. The molecule has 0 saturated carbocycles. The topological polar surface area (TPSA) is 113 Å². The van der Waals surface area contributed by atoms with Crippen molar-refractivity contribution in [2.75, 3.05) is 13.1 Å². The van der Waals surface area contributed by atoms with E-state index in [2.05, 4.69) is 19.9 Å². The molecule has 5 rings (SSSR count). The van der Waals surface area contributed by atoms with Gasteiger partial charge in [0.15, 0.2) is 0 Å². The van der Waals surface area contributed by atoms with Crippen LogP contribution >= 0.6 is 23.5 Å². The number of H-pyrrole nitrogens is 1. The number of benzene rings is 1. The maximum atomic E-state index is 14.9. The Morgan fingerprint density at radius 1 is 1.24 bits per heavy atom. The molecule has 2 saturated heterocycles. The third-order valence-corrected chi connectivity index (χ3v) is 8.17. The summed E-state index contributed by atoms with van der Waals surface area (Å²) in [4.78, 5) is 31.2. The number of hydrogen-bond acceptors (Lipinski definition) is 8. The van der Waals surface area contributed by atoms with Crippen LogP contribution in [0.2, 0.25) is 5.02 Å². The zero-order valence-electron chi connectivity index (χ0n) is 20.6. The number of fused-ring (bicyclic) bond motifs is 2. The zero-order valence-corrected chi connectivity index (χ0v) is 22.2. The molecule has 4 heterocycles. The number of nitrogens with one attached hydrogen (secondary N) is 2. The van der Waals surface area contributed by atoms with Crippen LogP contribution in [0.4, 0.5) is 4.39 Å². The number of ether oxygens (including phenoxy) is 1. The minimum Gasteiger partial charge on any atom is -0.391 e. The highest BCUT2D eigenvalue weighted by molar-refractivity contribution is 7.97. The van der Waals surface area contributed by atoms with E-state index in [0.717, 1.165) is 35.9 Å². The highest BCUT2D eigenvalue weighted by Gasteiger charge is 2.37. The van der Waals surface area contributed by atoms with Crippen molar-refractivity contribution in [1.29, 1.82) is 0 Å². The normalized spacial score (nSPS) is 20.7. The van der Waals surface area contributed by atoms with Crippen molar-refractivity contribution in [2.24, 2.45) is 0 Å². The number of aryl methyl sites for hydroxylation is 1. The van der Waals surface area contributed by atoms with Crippen LogP contribution in [0.25, 0.3) is 0 Å². The van der Waals surface area contributed by atoms with Crippen molar-refractivity contribution in [3.8, 4) is 0 Å². The van der Waals surface area contributed by atoms with Crippen LogP contribution in [0, 0.1) is 19.7 Å². The van der Waals surface area contributed by atoms with Gasteiger partial charge in [0.1, 0.15) is 22.6 Å². The average molecular weight is 548 g/mol. The molecule has 4 unspecified atom stereocenters. The van der Waals surface area contributed by atoms with Crippen LogP contribution < -0.4 is 10.5 Å². The number of nitrogens with zero attached hydrogens (tertiary/aromatic N) is 3. The van der Waals surface area contributed by atoms with Gasteiger partial charge in [-0.2, -0.15) is 0 Å². The van der Waals surface area contributed by atoms with E-state index in [1.807, 2.05) is 20.8 Å². The maximum absolute atomic E-state index is 14.9. The highest BCUT2D eigenvalue weighted by Crippen LogP contribution is 2.36. The standard InChI is InChI=1S/C25H27ClFN5O4S/c1-12-4-8-18(27)20(13(12)2)14(3)21(23-29-30-25(34)36-23)31-37-19-9-7-17(26)22(28-19)24(33)32-10-15-5-6-16(11-32)35-15/h4,7-9,14-16,21,31H,5-6,10-11H2,1-3H3,(H,30,34). The molecule has 0 spiro atoms. The van der Waals surface area contributed by atoms with E-state index < -0.39 is 17.7 Å². The number of carbonyl (C=O) groups is 1. The highest BCUT2D eigenvalue weighted by atomic mass is 35.5. The van der Waals surface area contributed by atoms with Crippen LogP contribution in [0.1, 0.15) is 64.8 Å². The maximum Gasteiger partial charge on any atom is 0.434 e. The second-order valence-corrected chi connectivity index (χ2v) is 10.8. The Labute approximate surface area is 222 Å². The molecule has 4 atom stereocenters. The summed E-state index contributed by atoms with van der Waals surface area (Å²) in [5.41, 5.74) is 2.40. The van der Waals surface area contributed by atoms with Crippen molar-refractivity contribution in [3.63, 3.8) is 0 Å². The summed E-state index contributed by atoms with van der Waals surface area (Å²) in [5.74, 6) is -1.69. The molecule has 0 aliphatic carbocycles. The first-order valence-corrected chi connectivity index (χ1v) is 13.3. The summed E-state index contributed by atoms with van der Waals surface area (Å²) < 4.78 is 29.2. The molecule has 2 aliphatic heterocycles. The molecule has 2 aliphatic rings. The fraction of sp³-hybridized carbons (Fsp3) is 0.440. The van der Waals surface area contributed by atoms with Crippen molar-refractivity contribution in [3.05, 3.63) is 73.9 Å². The molecule has 0 radical (unpaired) electrons. The van der Waals surface area contributed by atoms with Crippen LogP contribution in [-0.2, 0) is 4.74 Å². The van der Waals surface area contributed by atoms with Gasteiger partial charge in [-0.1, -0.05) is 24.6 Å². The summed E-state index contributed by atoms with van der Waals surface area (Å²) in [7, 11) is 0. The second-order valence-electron chi connectivity index (χ2n) is 9.49. The number of aromatic nitrogens is 3. The van der Waals surface area contributed by atoms with E-state index >= 15 is 0 Å². The number of morpholine rings is 1. The molecule has 1 aromatic carbocycles. The van der Waals surface area contributed by atoms with Crippen molar-refractivity contribution in [1.82, 2.24) is 24.8 Å². The fourth-order valence-electron chi connectivity index (χ4n) is 4.96. The summed E-state index contributed by atoms with van der Waals surface area (Å²) in [5, 5.41) is 6.98. The number of rotatable bonds is 7. The minimum atomic E-state index is -0.711. The van der Waals surface area contributed by atoms with Crippen LogP contribution in [0.15, 0.2) is 38.5 Å². The summed E-state index contributed by atoms with van der Waals surface area (Å²) in [6.07, 6.45) is 1.99. The average Bonchev–Trinajstić information content (AvgIpc) is 3.46. The van der Waals surface area contributed by atoms with Gasteiger partial charge in [-0.3, -0.25) is 4.79 Å². The predicted octanol–water partition coefficient (Wildman–Crippen LogP) is 4.31. The zero-order chi connectivity index (χ0) is 26.3. The van der Waals surface area contributed by atoms with Crippen molar-refractivity contribution >= 4 is 29.5 Å². The van der Waals surface area contributed by atoms with E-state index in [0.29, 0.717) is 23.7 Å². The van der Waals surface area contributed by atoms with Gasteiger partial charge in [0, 0.05) is 19.0 Å². The molecule has 2 fully saturated rings. The first kappa shape index (κ1) is 25.9. The molecular formula is C25H27ClFN5O4S. The number of pyridine rings is 1. The van der Waals surface area contributed by atoms with Crippen LogP contribution in [-0.4, -0.2) is 51.3 Å². The van der Waals surface area contributed by atoms with Gasteiger partial charge in [-0.25, -0.2) is 24.0 Å². The first-order chi connectivity index (χ1) is 17.7. The Morgan fingerprint density at radius 3 is 2.65 bits per heavy atom. The van der Waals surface area contributed by atoms with Gasteiger partial charge in [-0.05, 0) is 73.5 Å². The summed E-state index contributed by atoms with van der Waals surface area (Å²) >= 11 is 7.48. The number of amides is 1. The molecule has 2 aromatic heterocycles. The summed E-state index contributed by atoms with van der Waals surface area (Å²) in [6.45, 7) is 6.62. The molecular weight excluding hydrogens is 521 g/mol. The van der Waals surface area contributed by atoms with E-state index in [1.54, 1.807) is 23.1 Å². The fourth-order valence-corrected chi connectivity index (χ4v) is 5.97. The van der Waals surface area contributed by atoms with Gasteiger partial charge in [-0.15, -0.1) is 5.10 Å². The molecule has 196 valence electrons. The quantitative estimate of drug-likeness (QED) is 0.421. The van der Waals surface area contributed by atoms with Crippen molar-refractivity contribution in [2.45, 2.75) is 62.8 Å². The van der Waals surface area contributed by atoms with E-state index in [-0.39, 0.29) is 40.5 Å². The largest absolute Gasteiger partial charge is 0.434 e. The van der Waals surface area contributed by atoms with Gasteiger partial charge in [0.25, 0.3) is 5.91 Å². The number of halogens is 2. The number of hydrogen-bond donors (Lipinski definition) is 2. The third-order valence-electron chi connectivity index (χ3n) is 7.05. The predicted molar refractivity (Wildman–Crippen MR) is 136 cm³/mol. The minimum absolute atomic E-state index is 0.0527. The Bertz CT molecular complexity index is 1370. The van der Waals surface area contributed by atoms with Crippen molar-refractivity contribution < 1.29 is 18.3 Å².